The van der Waals surface area contributed by atoms with Crippen LogP contribution in [0.5, 0.6) is 11.5 Å². The van der Waals surface area contributed by atoms with Crippen LogP contribution in [0.1, 0.15) is 26.3 Å². The number of alkyl halides is 3. The van der Waals surface area contributed by atoms with Crippen molar-refractivity contribution in [3.05, 3.63) is 72.0 Å². The van der Waals surface area contributed by atoms with E-state index < -0.39 is 35.2 Å². The van der Waals surface area contributed by atoms with E-state index in [4.69, 9.17) is 14.2 Å². The number of halogens is 3. The Hall–Kier alpha value is -2.96. The lowest BCUT2D eigenvalue weighted by atomic mass is 10.1. The van der Waals surface area contributed by atoms with Crippen LogP contribution in [0, 0.1) is 17.3 Å². The third kappa shape index (κ3) is 5.60. The van der Waals surface area contributed by atoms with E-state index in [2.05, 4.69) is 0 Å². The molecule has 31 heavy (non-hydrogen) atoms. The molecule has 0 amide bonds. The summed E-state index contributed by atoms with van der Waals surface area (Å²) < 4.78 is 55.3. The van der Waals surface area contributed by atoms with Crippen molar-refractivity contribution in [2.75, 3.05) is 6.61 Å². The first-order valence-corrected chi connectivity index (χ1v) is 10.0. The highest BCUT2D eigenvalue weighted by molar-refractivity contribution is 5.78. The lowest BCUT2D eigenvalue weighted by Gasteiger charge is -2.12. The zero-order chi connectivity index (χ0) is 22.6. The number of benzene rings is 2. The molecule has 0 N–H and O–H groups in total. The predicted octanol–water partition coefficient (Wildman–Crippen LogP) is 6.28. The number of allylic oxidation sites excluding steroid dienone is 2. The van der Waals surface area contributed by atoms with Gasteiger partial charge in [-0.05, 0) is 48.2 Å². The molecule has 0 aromatic heterocycles. The zero-order valence-electron chi connectivity index (χ0n) is 17.6. The lowest BCUT2D eigenvalue weighted by molar-refractivity contribution is -0.147. The van der Waals surface area contributed by atoms with Crippen LogP contribution in [0.2, 0.25) is 0 Å². The van der Waals surface area contributed by atoms with E-state index >= 15 is 0 Å². The van der Waals surface area contributed by atoms with Gasteiger partial charge in [-0.25, -0.2) is 0 Å². The summed E-state index contributed by atoms with van der Waals surface area (Å²) in [4.78, 5) is 12.6. The molecular formula is C24H25F3O4. The maximum Gasteiger partial charge on any atom is 0.448 e. The molecule has 2 unspecified atom stereocenters. The summed E-state index contributed by atoms with van der Waals surface area (Å²) in [7, 11) is 0. The third-order valence-electron chi connectivity index (χ3n) is 5.33. The van der Waals surface area contributed by atoms with Gasteiger partial charge in [-0.2, -0.15) is 13.2 Å². The molecule has 1 aliphatic carbocycles. The molecule has 7 heteroatoms. The fourth-order valence-corrected chi connectivity index (χ4v) is 3.55. The van der Waals surface area contributed by atoms with E-state index in [-0.39, 0.29) is 13.2 Å². The highest BCUT2D eigenvalue weighted by atomic mass is 19.4. The van der Waals surface area contributed by atoms with Gasteiger partial charge in [0, 0.05) is 5.92 Å². The van der Waals surface area contributed by atoms with Gasteiger partial charge in [-0.15, -0.1) is 0 Å². The Morgan fingerprint density at radius 1 is 1.03 bits per heavy atom. The quantitative estimate of drug-likeness (QED) is 0.362. The van der Waals surface area contributed by atoms with Crippen LogP contribution in [-0.2, 0) is 20.9 Å². The normalized spacial score (nSPS) is 20.1. The summed E-state index contributed by atoms with van der Waals surface area (Å²) in [5.41, 5.74) is 0.0841. The smallest absolute Gasteiger partial charge is 0.448 e. The molecule has 2 aromatic carbocycles. The number of carbonyl (C=O) groups excluding carboxylic acids is 1. The topological polar surface area (TPSA) is 44.8 Å². The van der Waals surface area contributed by atoms with Gasteiger partial charge in [-0.3, -0.25) is 4.79 Å². The maximum atomic E-state index is 13.1. The number of esters is 1. The zero-order valence-corrected chi connectivity index (χ0v) is 17.6. The van der Waals surface area contributed by atoms with Crippen LogP contribution in [0.3, 0.4) is 0 Å². The van der Waals surface area contributed by atoms with Gasteiger partial charge < -0.3 is 14.2 Å². The molecule has 0 bridgehead atoms. The Bertz CT molecular complexity index is 935. The SMILES string of the molecule is CCO/C(=C/C1C(C(=O)OCc2cccc(Oc3ccccc3)c2)C1(C)C)C(F)(F)F. The molecule has 4 nitrogen and oxygen atoms in total. The monoisotopic (exact) mass is 434 g/mol. The number of hydrogen-bond donors (Lipinski definition) is 0. The first-order chi connectivity index (χ1) is 14.6. The minimum atomic E-state index is -4.59. The largest absolute Gasteiger partial charge is 0.489 e. The number of carbonyl (C=O) groups is 1. The van der Waals surface area contributed by atoms with E-state index in [0.717, 1.165) is 11.6 Å². The predicted molar refractivity (Wildman–Crippen MR) is 109 cm³/mol. The van der Waals surface area contributed by atoms with Crippen molar-refractivity contribution in [2.24, 2.45) is 17.3 Å². The molecule has 1 aliphatic rings. The molecule has 0 aliphatic heterocycles. The fourth-order valence-electron chi connectivity index (χ4n) is 3.55. The van der Waals surface area contributed by atoms with Crippen molar-refractivity contribution >= 4 is 5.97 Å². The average molecular weight is 434 g/mol. The van der Waals surface area contributed by atoms with E-state index in [9.17, 15) is 18.0 Å². The van der Waals surface area contributed by atoms with Gasteiger partial charge >= 0.3 is 12.1 Å². The van der Waals surface area contributed by atoms with Gasteiger partial charge in [0.05, 0.1) is 12.5 Å². The minimum Gasteiger partial charge on any atom is -0.489 e. The first kappa shape index (κ1) is 22.7. The molecule has 3 rings (SSSR count). The molecule has 2 atom stereocenters. The lowest BCUT2D eigenvalue weighted by Crippen LogP contribution is -2.15. The summed E-state index contributed by atoms with van der Waals surface area (Å²) in [5.74, 6) is -1.57. The molecule has 2 aromatic rings. The molecule has 0 spiro atoms. The van der Waals surface area contributed by atoms with Gasteiger partial charge in [0.15, 0.2) is 5.76 Å². The highest BCUT2D eigenvalue weighted by Gasteiger charge is 2.62. The Morgan fingerprint density at radius 2 is 1.71 bits per heavy atom. The average Bonchev–Trinajstić information content (AvgIpc) is 3.26. The summed E-state index contributed by atoms with van der Waals surface area (Å²) in [6.07, 6.45) is -3.59. The fraction of sp³-hybridized carbons (Fsp3) is 0.375. The summed E-state index contributed by atoms with van der Waals surface area (Å²) >= 11 is 0. The van der Waals surface area contributed by atoms with E-state index in [1.165, 1.54) is 6.92 Å². The molecule has 1 fully saturated rings. The second-order valence-corrected chi connectivity index (χ2v) is 7.96. The van der Waals surface area contributed by atoms with Crippen molar-refractivity contribution in [3.63, 3.8) is 0 Å². The van der Waals surface area contributed by atoms with Crippen molar-refractivity contribution in [3.8, 4) is 11.5 Å². The number of rotatable bonds is 8. The second kappa shape index (κ2) is 9.04. The highest BCUT2D eigenvalue weighted by Crippen LogP contribution is 2.60. The Balaban J connectivity index is 1.62. The number of ether oxygens (including phenoxy) is 3. The third-order valence-corrected chi connectivity index (χ3v) is 5.33. The van der Waals surface area contributed by atoms with Gasteiger partial charge in [0.1, 0.15) is 18.1 Å². The first-order valence-electron chi connectivity index (χ1n) is 10.0. The van der Waals surface area contributed by atoms with E-state index in [0.29, 0.717) is 11.5 Å². The summed E-state index contributed by atoms with van der Waals surface area (Å²) in [5, 5.41) is 0. The molecule has 166 valence electrons. The Morgan fingerprint density at radius 3 is 2.35 bits per heavy atom. The van der Waals surface area contributed by atoms with Gasteiger partial charge in [0.2, 0.25) is 0 Å². The van der Waals surface area contributed by atoms with E-state index in [1.807, 2.05) is 30.3 Å². The van der Waals surface area contributed by atoms with Crippen LogP contribution in [0.25, 0.3) is 0 Å². The van der Waals surface area contributed by atoms with Crippen molar-refractivity contribution in [2.45, 2.75) is 33.6 Å². The van der Waals surface area contributed by atoms with Crippen LogP contribution in [0.15, 0.2) is 66.4 Å². The second-order valence-electron chi connectivity index (χ2n) is 7.96. The van der Waals surface area contributed by atoms with Crippen LogP contribution in [0.4, 0.5) is 13.2 Å². The number of para-hydroxylation sites is 1. The number of hydrogen-bond acceptors (Lipinski definition) is 4. The molecule has 0 heterocycles. The summed E-state index contributed by atoms with van der Waals surface area (Å²) in [6.45, 7) is 4.88. The molecule has 1 saturated carbocycles. The van der Waals surface area contributed by atoms with Gasteiger partial charge in [-0.1, -0.05) is 44.2 Å². The van der Waals surface area contributed by atoms with Gasteiger partial charge in [0.25, 0.3) is 0 Å². The van der Waals surface area contributed by atoms with Crippen molar-refractivity contribution in [1.82, 2.24) is 0 Å². The molecular weight excluding hydrogens is 409 g/mol. The van der Waals surface area contributed by atoms with Crippen molar-refractivity contribution < 1.29 is 32.2 Å². The maximum absolute atomic E-state index is 13.1. The molecule has 0 radical (unpaired) electrons. The Kier molecular flexibility index (Phi) is 6.62. The summed E-state index contributed by atoms with van der Waals surface area (Å²) in [6, 6.07) is 16.4. The van der Waals surface area contributed by atoms with Crippen LogP contribution < -0.4 is 4.74 Å². The van der Waals surface area contributed by atoms with E-state index in [1.54, 1.807) is 38.1 Å². The standard InChI is InChI=1S/C24H25F3O4/c1-4-29-20(24(25,26)27)14-19-21(23(19,2)3)22(28)30-15-16-9-8-12-18(13-16)31-17-10-6-5-7-11-17/h5-14,19,21H,4,15H2,1-3H3/b20-14+. The van der Waals surface area contributed by atoms with Crippen LogP contribution >= 0.6 is 0 Å². The van der Waals surface area contributed by atoms with Crippen LogP contribution in [-0.4, -0.2) is 18.8 Å². The Labute approximate surface area is 179 Å². The van der Waals surface area contributed by atoms with Crippen molar-refractivity contribution in [1.29, 1.82) is 0 Å². The molecule has 0 saturated heterocycles. The minimum absolute atomic E-state index is 0.00538.